The number of benzene rings is 1. The molecule has 0 bridgehead atoms. The normalized spacial score (nSPS) is 11.9. The highest BCUT2D eigenvalue weighted by Crippen LogP contribution is 2.36. The number of alkyl halides is 3. The molecule has 0 aliphatic heterocycles. The molecule has 0 N–H and O–H groups in total. The number of rotatable bonds is 1. The molecule has 4 nitrogen and oxygen atoms in total. The Balaban J connectivity index is 2.71. The third-order valence-corrected chi connectivity index (χ3v) is 3.33. The van der Waals surface area contributed by atoms with Gasteiger partial charge in [0.1, 0.15) is 11.5 Å². The molecule has 0 amide bonds. The van der Waals surface area contributed by atoms with Gasteiger partial charge in [-0.05, 0) is 19.1 Å². The van der Waals surface area contributed by atoms with Gasteiger partial charge in [0.05, 0.1) is 15.6 Å². The van der Waals surface area contributed by atoms with Crippen molar-refractivity contribution in [3.63, 3.8) is 0 Å². The van der Waals surface area contributed by atoms with E-state index in [2.05, 4.69) is 5.10 Å². The molecule has 20 heavy (non-hydrogen) atoms. The quantitative estimate of drug-likeness (QED) is 0.807. The molecule has 9 heteroatoms. The van der Waals surface area contributed by atoms with Gasteiger partial charge in [0.25, 0.3) is 0 Å². The van der Waals surface area contributed by atoms with Crippen molar-refractivity contribution >= 4 is 23.2 Å². The molecule has 0 aliphatic rings. The first kappa shape index (κ1) is 14.9. The summed E-state index contributed by atoms with van der Waals surface area (Å²) in [5, 5.41) is 3.31. The summed E-state index contributed by atoms with van der Waals surface area (Å²) in [6.07, 6.45) is -4.57. The molecule has 0 fully saturated rings. The van der Waals surface area contributed by atoms with Crippen LogP contribution in [0.4, 0.5) is 13.2 Å². The van der Waals surface area contributed by atoms with Crippen molar-refractivity contribution in [2.24, 2.45) is 7.05 Å². The van der Waals surface area contributed by atoms with E-state index >= 15 is 0 Å². The highest BCUT2D eigenvalue weighted by Gasteiger charge is 2.32. The first-order chi connectivity index (χ1) is 9.12. The molecule has 0 atom stereocenters. The zero-order valence-electron chi connectivity index (χ0n) is 10.3. The van der Waals surface area contributed by atoms with Gasteiger partial charge < -0.3 is 0 Å². The van der Waals surface area contributed by atoms with Crippen LogP contribution in [0.25, 0.3) is 5.69 Å². The summed E-state index contributed by atoms with van der Waals surface area (Å²) in [5.41, 5.74) is -1.61. The summed E-state index contributed by atoms with van der Waals surface area (Å²) < 4.78 is 40.0. The van der Waals surface area contributed by atoms with Crippen LogP contribution in [0.1, 0.15) is 11.4 Å². The van der Waals surface area contributed by atoms with Crippen LogP contribution in [0.5, 0.6) is 0 Å². The van der Waals surface area contributed by atoms with E-state index in [1.165, 1.54) is 11.6 Å². The third kappa shape index (κ3) is 2.43. The first-order valence-corrected chi connectivity index (χ1v) is 6.07. The number of hydrogen-bond donors (Lipinski definition) is 0. The minimum atomic E-state index is -4.57. The van der Waals surface area contributed by atoms with Crippen molar-refractivity contribution in [1.82, 2.24) is 14.3 Å². The number of nitrogens with zero attached hydrogens (tertiary/aromatic N) is 3. The molecule has 108 valence electrons. The van der Waals surface area contributed by atoms with E-state index in [1.54, 1.807) is 6.92 Å². The second kappa shape index (κ2) is 4.82. The molecule has 2 aromatic rings. The summed E-state index contributed by atoms with van der Waals surface area (Å²) in [7, 11) is 1.48. The van der Waals surface area contributed by atoms with E-state index in [0.717, 1.165) is 4.68 Å². The summed E-state index contributed by atoms with van der Waals surface area (Å²) in [5.74, 6) is 0.377. The molecule has 1 heterocycles. The Morgan fingerprint density at radius 2 is 1.70 bits per heavy atom. The molecular weight excluding hydrogens is 318 g/mol. The van der Waals surface area contributed by atoms with Crippen LogP contribution in [0.3, 0.4) is 0 Å². The Hall–Kier alpha value is -1.47. The van der Waals surface area contributed by atoms with E-state index in [9.17, 15) is 18.0 Å². The van der Waals surface area contributed by atoms with Crippen LogP contribution in [-0.2, 0) is 13.2 Å². The standard InChI is InChI=1S/C11H8Cl2F3N3O/c1-5-17-19(10(20)18(5)2)9-7(12)3-6(4-8(9)13)11(14,15)16/h3-4H,1-2H3. The molecule has 0 saturated heterocycles. The maximum Gasteiger partial charge on any atom is 0.416 e. The second-order valence-corrected chi connectivity index (χ2v) is 4.90. The largest absolute Gasteiger partial charge is 0.416 e. The average Bonchev–Trinajstić information content (AvgIpc) is 2.55. The van der Waals surface area contributed by atoms with Gasteiger partial charge in [0.2, 0.25) is 0 Å². The van der Waals surface area contributed by atoms with Crippen molar-refractivity contribution in [1.29, 1.82) is 0 Å². The van der Waals surface area contributed by atoms with Crippen molar-refractivity contribution in [2.45, 2.75) is 13.1 Å². The lowest BCUT2D eigenvalue weighted by molar-refractivity contribution is -0.137. The number of halogens is 5. The highest BCUT2D eigenvalue weighted by molar-refractivity contribution is 6.37. The summed E-state index contributed by atoms with van der Waals surface area (Å²) in [6.45, 7) is 1.57. The van der Waals surface area contributed by atoms with E-state index in [-0.39, 0.29) is 15.7 Å². The van der Waals surface area contributed by atoms with Crippen LogP contribution < -0.4 is 5.69 Å². The molecule has 0 aliphatic carbocycles. The Labute approximate surface area is 121 Å². The average molecular weight is 326 g/mol. The molecule has 0 saturated carbocycles. The minimum absolute atomic E-state index is 0.0740. The van der Waals surface area contributed by atoms with Crippen LogP contribution in [-0.4, -0.2) is 14.3 Å². The smallest absolute Gasteiger partial charge is 0.282 e. The number of aryl methyl sites for hydroxylation is 1. The Morgan fingerprint density at radius 3 is 2.05 bits per heavy atom. The molecule has 2 rings (SSSR count). The van der Waals surface area contributed by atoms with Crippen LogP contribution in [0.2, 0.25) is 10.0 Å². The van der Waals surface area contributed by atoms with Gasteiger partial charge in [0.15, 0.2) is 0 Å². The fourth-order valence-electron chi connectivity index (χ4n) is 1.61. The van der Waals surface area contributed by atoms with Crippen molar-refractivity contribution in [3.05, 3.63) is 44.1 Å². The lowest BCUT2D eigenvalue weighted by atomic mass is 10.2. The minimum Gasteiger partial charge on any atom is -0.282 e. The van der Waals surface area contributed by atoms with Gasteiger partial charge in [-0.3, -0.25) is 4.57 Å². The SMILES string of the molecule is Cc1nn(-c2c(Cl)cc(C(F)(F)F)cc2Cl)c(=O)n1C. The second-order valence-electron chi connectivity index (χ2n) is 4.09. The summed E-state index contributed by atoms with van der Waals surface area (Å²) in [6, 6.07) is 1.42. The van der Waals surface area contributed by atoms with E-state index in [1.807, 2.05) is 0 Å². The fourth-order valence-corrected chi connectivity index (χ4v) is 2.26. The van der Waals surface area contributed by atoms with Gasteiger partial charge in [-0.25, -0.2) is 4.79 Å². The highest BCUT2D eigenvalue weighted by atomic mass is 35.5. The molecule has 0 spiro atoms. The molecule has 1 aromatic heterocycles. The van der Waals surface area contributed by atoms with E-state index in [4.69, 9.17) is 23.2 Å². The van der Waals surface area contributed by atoms with Gasteiger partial charge in [-0.15, -0.1) is 0 Å². The summed E-state index contributed by atoms with van der Waals surface area (Å²) in [4.78, 5) is 11.9. The number of aromatic nitrogens is 3. The molecule has 1 aromatic carbocycles. The van der Waals surface area contributed by atoms with Crippen molar-refractivity contribution in [2.75, 3.05) is 0 Å². The van der Waals surface area contributed by atoms with Gasteiger partial charge in [-0.1, -0.05) is 23.2 Å². The fraction of sp³-hybridized carbons (Fsp3) is 0.273. The van der Waals surface area contributed by atoms with Crippen LogP contribution >= 0.6 is 23.2 Å². The monoisotopic (exact) mass is 325 g/mol. The van der Waals surface area contributed by atoms with Crippen molar-refractivity contribution < 1.29 is 13.2 Å². The predicted molar refractivity (Wildman–Crippen MR) is 68.6 cm³/mol. The van der Waals surface area contributed by atoms with E-state index in [0.29, 0.717) is 18.0 Å². The van der Waals surface area contributed by atoms with Crippen LogP contribution in [0, 0.1) is 6.92 Å². The number of hydrogen-bond acceptors (Lipinski definition) is 2. The third-order valence-electron chi connectivity index (χ3n) is 2.75. The lowest BCUT2D eigenvalue weighted by Gasteiger charge is -2.11. The predicted octanol–water partition coefficient (Wildman–Crippen LogP) is 3.21. The van der Waals surface area contributed by atoms with Gasteiger partial charge in [0, 0.05) is 7.05 Å². The Kier molecular flexibility index (Phi) is 3.60. The topological polar surface area (TPSA) is 39.8 Å². The Morgan fingerprint density at radius 1 is 1.20 bits per heavy atom. The Bertz CT molecular complexity index is 710. The zero-order valence-corrected chi connectivity index (χ0v) is 11.8. The lowest BCUT2D eigenvalue weighted by Crippen LogP contribution is -2.22. The molecule has 0 radical (unpaired) electrons. The summed E-state index contributed by atoms with van der Waals surface area (Å²) >= 11 is 11.6. The van der Waals surface area contributed by atoms with Crippen LogP contribution in [0.15, 0.2) is 16.9 Å². The first-order valence-electron chi connectivity index (χ1n) is 5.32. The van der Waals surface area contributed by atoms with Gasteiger partial charge in [-0.2, -0.15) is 23.0 Å². The maximum absolute atomic E-state index is 12.6. The van der Waals surface area contributed by atoms with Crippen molar-refractivity contribution in [3.8, 4) is 5.69 Å². The zero-order chi connectivity index (χ0) is 15.2. The van der Waals surface area contributed by atoms with E-state index < -0.39 is 17.4 Å². The molecular formula is C11H8Cl2F3N3O. The maximum atomic E-state index is 12.6. The van der Waals surface area contributed by atoms with Gasteiger partial charge >= 0.3 is 11.9 Å². The molecule has 0 unspecified atom stereocenters.